The molecule has 0 aromatic carbocycles. The van der Waals surface area contributed by atoms with Gasteiger partial charge in [-0.05, 0) is 31.0 Å². The molecule has 1 N–H and O–H groups in total. The highest BCUT2D eigenvalue weighted by atomic mass is 35.5. The number of carbonyl (C=O) groups is 1. The first-order chi connectivity index (χ1) is 10.8. The minimum absolute atomic E-state index is 0.221. The van der Waals surface area contributed by atoms with Gasteiger partial charge in [-0.3, -0.25) is 9.89 Å². The van der Waals surface area contributed by atoms with E-state index in [1.807, 2.05) is 31.7 Å². The number of nitrogens with one attached hydrogen (secondary N) is 1. The van der Waals surface area contributed by atoms with E-state index >= 15 is 0 Å². The number of aromatic amines is 1. The minimum atomic E-state index is -0.302. The fourth-order valence-electron chi connectivity index (χ4n) is 2.77. The van der Waals surface area contributed by atoms with Gasteiger partial charge in [0.15, 0.2) is 0 Å². The van der Waals surface area contributed by atoms with Crippen LogP contribution >= 0.6 is 22.9 Å². The van der Waals surface area contributed by atoms with Gasteiger partial charge in [-0.1, -0.05) is 32.4 Å². The van der Waals surface area contributed by atoms with Gasteiger partial charge in [0.1, 0.15) is 0 Å². The van der Waals surface area contributed by atoms with Gasteiger partial charge in [0.2, 0.25) is 5.91 Å². The number of rotatable bonds is 4. The van der Waals surface area contributed by atoms with Crippen LogP contribution in [0.3, 0.4) is 0 Å². The van der Waals surface area contributed by atoms with Crippen LogP contribution in [0, 0.1) is 5.41 Å². The van der Waals surface area contributed by atoms with E-state index < -0.39 is 0 Å². The molecule has 3 rings (SSSR count). The molecular weight excluding hydrogens is 330 g/mol. The Morgan fingerprint density at radius 3 is 2.74 bits per heavy atom. The number of likely N-dealkylation sites (tertiary alicyclic amines) is 1. The molecule has 4 nitrogen and oxygen atoms in total. The Balaban J connectivity index is 1.52. The lowest BCUT2D eigenvalue weighted by molar-refractivity contribution is -0.144. The van der Waals surface area contributed by atoms with Crippen LogP contribution in [0.1, 0.15) is 43.0 Å². The highest BCUT2D eigenvalue weighted by Gasteiger charge is 2.37. The molecule has 1 aliphatic rings. The maximum absolute atomic E-state index is 12.2. The van der Waals surface area contributed by atoms with E-state index in [4.69, 9.17) is 11.6 Å². The molecule has 1 fully saturated rings. The van der Waals surface area contributed by atoms with Crippen molar-refractivity contribution in [3.05, 3.63) is 38.8 Å². The van der Waals surface area contributed by atoms with Crippen molar-refractivity contribution < 1.29 is 4.79 Å². The predicted octanol–water partition coefficient (Wildman–Crippen LogP) is 3.88. The van der Waals surface area contributed by atoms with Gasteiger partial charge in [-0.15, -0.1) is 11.3 Å². The average molecular weight is 352 g/mol. The van der Waals surface area contributed by atoms with Gasteiger partial charge in [0.25, 0.3) is 0 Å². The van der Waals surface area contributed by atoms with E-state index in [0.717, 1.165) is 41.7 Å². The Kier molecular flexibility index (Phi) is 4.52. The van der Waals surface area contributed by atoms with Crippen molar-refractivity contribution in [2.75, 3.05) is 13.1 Å². The third-order valence-electron chi connectivity index (χ3n) is 4.15. The second-order valence-corrected chi connectivity index (χ2v) is 8.98. The van der Waals surface area contributed by atoms with E-state index in [-0.39, 0.29) is 11.3 Å². The third kappa shape index (κ3) is 3.78. The Labute approximate surface area is 145 Å². The van der Waals surface area contributed by atoms with E-state index in [1.54, 1.807) is 11.3 Å². The molecule has 3 heterocycles. The van der Waals surface area contributed by atoms with Crippen molar-refractivity contribution in [1.29, 1.82) is 0 Å². The number of H-pyrrole nitrogens is 1. The molecule has 0 aliphatic carbocycles. The zero-order valence-electron chi connectivity index (χ0n) is 13.7. The number of hydrogen-bond donors (Lipinski definition) is 1. The Morgan fingerprint density at radius 1 is 1.39 bits per heavy atom. The first-order valence-electron chi connectivity index (χ1n) is 7.90. The lowest BCUT2D eigenvalue weighted by atomic mass is 9.89. The first kappa shape index (κ1) is 16.5. The maximum Gasteiger partial charge on any atom is 0.227 e. The van der Waals surface area contributed by atoms with Gasteiger partial charge in [0.05, 0.1) is 10.0 Å². The number of halogens is 1. The number of amides is 1. The molecule has 0 unspecified atom stereocenters. The molecule has 0 atom stereocenters. The van der Waals surface area contributed by atoms with Crippen molar-refractivity contribution in [3.63, 3.8) is 0 Å². The van der Waals surface area contributed by atoms with Crippen LogP contribution in [0.4, 0.5) is 0 Å². The van der Waals surface area contributed by atoms with Gasteiger partial charge >= 0.3 is 0 Å². The summed E-state index contributed by atoms with van der Waals surface area (Å²) in [6, 6.07) is 6.15. The molecule has 6 heteroatoms. The van der Waals surface area contributed by atoms with Crippen LogP contribution in [0.15, 0.2) is 18.2 Å². The Morgan fingerprint density at radius 2 is 2.13 bits per heavy atom. The minimum Gasteiger partial charge on any atom is -0.341 e. The van der Waals surface area contributed by atoms with Crippen LogP contribution in [-0.2, 0) is 17.6 Å². The van der Waals surface area contributed by atoms with E-state index in [1.165, 1.54) is 4.88 Å². The van der Waals surface area contributed by atoms with Crippen LogP contribution in [-0.4, -0.2) is 34.1 Å². The normalized spacial score (nSPS) is 15.7. The predicted molar refractivity (Wildman–Crippen MR) is 94.1 cm³/mol. The lowest BCUT2D eigenvalue weighted by Gasteiger charge is -2.41. The SMILES string of the molecule is CC(C)(C)C(=O)N1CC(c2cc(CCc3ccc(Cl)s3)[nH]n2)C1. The van der Waals surface area contributed by atoms with Gasteiger partial charge in [-0.2, -0.15) is 5.10 Å². The molecule has 1 aliphatic heterocycles. The molecule has 1 amide bonds. The van der Waals surface area contributed by atoms with Crippen LogP contribution in [0.25, 0.3) is 0 Å². The third-order valence-corrected chi connectivity index (χ3v) is 5.44. The molecular formula is C17H22ClN3OS. The maximum atomic E-state index is 12.2. The van der Waals surface area contributed by atoms with Gasteiger partial charge in [0, 0.05) is 35.0 Å². The Hall–Kier alpha value is -1.33. The fourth-order valence-corrected chi connectivity index (χ4v) is 3.85. The lowest BCUT2D eigenvalue weighted by Crippen LogP contribution is -2.52. The zero-order chi connectivity index (χ0) is 16.6. The van der Waals surface area contributed by atoms with E-state index in [0.29, 0.717) is 5.92 Å². The molecule has 0 spiro atoms. The number of aryl methyl sites for hydroxylation is 2. The highest BCUT2D eigenvalue weighted by Crippen LogP contribution is 2.30. The van der Waals surface area contributed by atoms with Crippen LogP contribution < -0.4 is 0 Å². The monoisotopic (exact) mass is 351 g/mol. The largest absolute Gasteiger partial charge is 0.341 e. The topological polar surface area (TPSA) is 49.0 Å². The summed E-state index contributed by atoms with van der Waals surface area (Å²) in [5.74, 6) is 0.585. The van der Waals surface area contributed by atoms with E-state index in [9.17, 15) is 4.79 Å². The molecule has 1 saturated heterocycles. The quantitative estimate of drug-likeness (QED) is 0.908. The van der Waals surface area contributed by atoms with Crippen molar-refractivity contribution >= 4 is 28.8 Å². The smallest absolute Gasteiger partial charge is 0.227 e. The number of hydrogen-bond acceptors (Lipinski definition) is 3. The summed E-state index contributed by atoms with van der Waals surface area (Å²) in [5.41, 5.74) is 1.91. The van der Waals surface area contributed by atoms with Crippen LogP contribution in [0.5, 0.6) is 0 Å². The first-order valence-corrected chi connectivity index (χ1v) is 9.10. The number of thiophene rings is 1. The molecule has 0 bridgehead atoms. The summed E-state index contributed by atoms with van der Waals surface area (Å²) in [6.07, 6.45) is 1.90. The average Bonchev–Trinajstić information content (AvgIpc) is 3.03. The Bertz CT molecular complexity index is 695. The highest BCUT2D eigenvalue weighted by molar-refractivity contribution is 7.16. The standard InChI is InChI=1S/C17H22ClN3OS/c1-17(2,3)16(22)21-9-11(10-21)14-8-12(19-20-14)4-5-13-6-7-15(18)23-13/h6-8,11H,4-5,9-10H2,1-3H3,(H,19,20). The number of carbonyl (C=O) groups excluding carboxylic acids is 1. The van der Waals surface area contributed by atoms with Crippen molar-refractivity contribution in [2.24, 2.45) is 5.41 Å². The van der Waals surface area contributed by atoms with Gasteiger partial charge in [-0.25, -0.2) is 0 Å². The van der Waals surface area contributed by atoms with E-state index in [2.05, 4.69) is 22.3 Å². The molecule has 0 saturated carbocycles. The molecule has 124 valence electrons. The summed E-state index contributed by atoms with van der Waals surface area (Å²) >= 11 is 7.58. The number of nitrogens with zero attached hydrogens (tertiary/aromatic N) is 2. The van der Waals surface area contributed by atoms with Gasteiger partial charge < -0.3 is 4.90 Å². The molecule has 2 aromatic heterocycles. The van der Waals surface area contributed by atoms with Crippen molar-refractivity contribution in [1.82, 2.24) is 15.1 Å². The van der Waals surface area contributed by atoms with Crippen LogP contribution in [0.2, 0.25) is 4.34 Å². The molecule has 0 radical (unpaired) electrons. The van der Waals surface area contributed by atoms with Crippen molar-refractivity contribution in [3.8, 4) is 0 Å². The zero-order valence-corrected chi connectivity index (χ0v) is 15.3. The number of aromatic nitrogens is 2. The molecule has 2 aromatic rings. The molecule has 23 heavy (non-hydrogen) atoms. The summed E-state index contributed by atoms with van der Waals surface area (Å²) in [7, 11) is 0. The summed E-state index contributed by atoms with van der Waals surface area (Å²) in [4.78, 5) is 15.4. The summed E-state index contributed by atoms with van der Waals surface area (Å²) in [6.45, 7) is 7.45. The summed E-state index contributed by atoms with van der Waals surface area (Å²) in [5, 5.41) is 7.55. The second-order valence-electron chi connectivity index (χ2n) is 7.18. The second kappa shape index (κ2) is 6.29. The summed E-state index contributed by atoms with van der Waals surface area (Å²) < 4.78 is 0.836. The van der Waals surface area contributed by atoms with Crippen molar-refractivity contribution in [2.45, 2.75) is 39.5 Å². The fraction of sp³-hybridized carbons (Fsp3) is 0.529.